The van der Waals surface area contributed by atoms with Crippen molar-refractivity contribution in [2.45, 2.75) is 13.8 Å². The predicted molar refractivity (Wildman–Crippen MR) is 118 cm³/mol. The Morgan fingerprint density at radius 3 is 1.87 bits per heavy atom. The van der Waals surface area contributed by atoms with Gasteiger partial charge in [-0.2, -0.15) is 0 Å². The summed E-state index contributed by atoms with van der Waals surface area (Å²) in [4.78, 5) is 28.9. The Morgan fingerprint density at radius 2 is 1.35 bits per heavy atom. The standard InChI is InChI=1S/C23H27ClN2O5/c1-15-9-20(10-16(2)22(15)24)31-14-21(27)25-5-7-26(8-6-25)23(28)17-11-18(29-3)13-19(12-17)30-4/h9-13H,5-8,14H2,1-4H3. The first-order valence-electron chi connectivity index (χ1n) is 10.0. The molecule has 2 amide bonds. The van der Waals surface area contributed by atoms with E-state index in [4.69, 9.17) is 25.8 Å². The fourth-order valence-corrected chi connectivity index (χ4v) is 3.61. The molecular weight excluding hydrogens is 420 g/mol. The summed E-state index contributed by atoms with van der Waals surface area (Å²) in [7, 11) is 3.09. The number of aryl methyl sites for hydroxylation is 2. The minimum atomic E-state index is -0.118. The molecular formula is C23H27ClN2O5. The minimum Gasteiger partial charge on any atom is -0.497 e. The minimum absolute atomic E-state index is 0.0540. The van der Waals surface area contributed by atoms with Gasteiger partial charge in [0.05, 0.1) is 14.2 Å². The molecule has 2 aromatic rings. The smallest absolute Gasteiger partial charge is 0.260 e. The van der Waals surface area contributed by atoms with Crippen LogP contribution in [0.4, 0.5) is 0 Å². The van der Waals surface area contributed by atoms with E-state index in [9.17, 15) is 9.59 Å². The van der Waals surface area contributed by atoms with Crippen molar-refractivity contribution in [1.29, 1.82) is 0 Å². The van der Waals surface area contributed by atoms with E-state index in [2.05, 4.69) is 0 Å². The van der Waals surface area contributed by atoms with Gasteiger partial charge in [0.2, 0.25) is 0 Å². The van der Waals surface area contributed by atoms with E-state index in [0.29, 0.717) is 54.0 Å². The van der Waals surface area contributed by atoms with Gasteiger partial charge in [0, 0.05) is 42.8 Å². The topological polar surface area (TPSA) is 68.3 Å². The van der Waals surface area contributed by atoms with Crippen molar-refractivity contribution >= 4 is 23.4 Å². The highest BCUT2D eigenvalue weighted by Gasteiger charge is 2.25. The van der Waals surface area contributed by atoms with E-state index >= 15 is 0 Å². The number of amides is 2. The monoisotopic (exact) mass is 446 g/mol. The van der Waals surface area contributed by atoms with Gasteiger partial charge in [0.25, 0.3) is 11.8 Å². The normalized spacial score (nSPS) is 13.7. The lowest BCUT2D eigenvalue weighted by Gasteiger charge is -2.34. The Balaban J connectivity index is 1.55. The molecule has 0 saturated carbocycles. The summed E-state index contributed by atoms with van der Waals surface area (Å²) in [6, 6.07) is 8.74. The molecule has 1 fully saturated rings. The molecule has 0 atom stereocenters. The molecule has 31 heavy (non-hydrogen) atoms. The van der Waals surface area contributed by atoms with Crippen LogP contribution in [0.25, 0.3) is 0 Å². The summed E-state index contributed by atoms with van der Waals surface area (Å²) >= 11 is 6.17. The fourth-order valence-electron chi connectivity index (χ4n) is 3.50. The van der Waals surface area contributed by atoms with Gasteiger partial charge < -0.3 is 24.0 Å². The van der Waals surface area contributed by atoms with E-state index < -0.39 is 0 Å². The fraction of sp³-hybridized carbons (Fsp3) is 0.391. The quantitative estimate of drug-likeness (QED) is 0.680. The number of methoxy groups -OCH3 is 2. The van der Waals surface area contributed by atoms with Gasteiger partial charge in [-0.3, -0.25) is 9.59 Å². The molecule has 8 heteroatoms. The summed E-state index contributed by atoms with van der Waals surface area (Å²) in [5, 5.41) is 0.702. The van der Waals surface area contributed by atoms with E-state index in [1.807, 2.05) is 26.0 Å². The van der Waals surface area contributed by atoms with Gasteiger partial charge >= 0.3 is 0 Å². The molecule has 1 heterocycles. The Labute approximate surface area is 187 Å². The highest BCUT2D eigenvalue weighted by Crippen LogP contribution is 2.26. The molecule has 7 nitrogen and oxygen atoms in total. The summed E-state index contributed by atoms with van der Waals surface area (Å²) < 4.78 is 16.2. The molecule has 0 bridgehead atoms. The third-order valence-corrected chi connectivity index (χ3v) is 5.89. The molecule has 3 rings (SSSR count). The zero-order valence-corrected chi connectivity index (χ0v) is 19.0. The maximum atomic E-state index is 12.9. The largest absolute Gasteiger partial charge is 0.497 e. The summed E-state index contributed by atoms with van der Waals surface area (Å²) in [6.45, 7) is 5.55. The van der Waals surface area contributed by atoms with Crippen molar-refractivity contribution in [2.75, 3.05) is 47.0 Å². The summed E-state index contributed by atoms with van der Waals surface area (Å²) in [5.74, 6) is 1.50. The van der Waals surface area contributed by atoms with Crippen LogP contribution in [0.15, 0.2) is 30.3 Å². The highest BCUT2D eigenvalue weighted by molar-refractivity contribution is 6.32. The molecule has 2 aromatic carbocycles. The zero-order valence-electron chi connectivity index (χ0n) is 18.2. The van der Waals surface area contributed by atoms with Crippen molar-refractivity contribution in [1.82, 2.24) is 9.80 Å². The van der Waals surface area contributed by atoms with Gasteiger partial charge in [0.1, 0.15) is 17.2 Å². The van der Waals surface area contributed by atoms with Crippen LogP contribution in [0.1, 0.15) is 21.5 Å². The maximum absolute atomic E-state index is 12.9. The third-order valence-electron chi connectivity index (χ3n) is 5.29. The van der Waals surface area contributed by atoms with Gasteiger partial charge in [0.15, 0.2) is 6.61 Å². The van der Waals surface area contributed by atoms with E-state index in [-0.39, 0.29) is 18.4 Å². The number of benzene rings is 2. The molecule has 0 unspecified atom stereocenters. The molecule has 1 saturated heterocycles. The van der Waals surface area contributed by atoms with Crippen molar-refractivity contribution in [3.63, 3.8) is 0 Å². The van der Waals surface area contributed by atoms with Crippen molar-refractivity contribution in [3.8, 4) is 17.2 Å². The summed E-state index contributed by atoms with van der Waals surface area (Å²) in [6.07, 6.45) is 0. The number of piperazine rings is 1. The Kier molecular flexibility index (Phi) is 7.28. The van der Waals surface area contributed by atoms with Crippen LogP contribution in [0.3, 0.4) is 0 Å². The summed E-state index contributed by atoms with van der Waals surface area (Å²) in [5.41, 5.74) is 2.31. The molecule has 0 spiro atoms. The Morgan fingerprint density at radius 1 is 0.839 bits per heavy atom. The SMILES string of the molecule is COc1cc(OC)cc(C(=O)N2CCN(C(=O)COc3cc(C)c(Cl)c(C)c3)CC2)c1. The molecule has 1 aliphatic heterocycles. The molecule has 0 radical (unpaired) electrons. The number of hydrogen-bond acceptors (Lipinski definition) is 5. The van der Waals surface area contributed by atoms with Crippen LogP contribution in [0.2, 0.25) is 5.02 Å². The number of halogens is 1. The molecule has 0 N–H and O–H groups in total. The number of nitrogens with zero attached hydrogens (tertiary/aromatic N) is 2. The number of ether oxygens (including phenoxy) is 3. The average Bonchev–Trinajstić information content (AvgIpc) is 2.80. The lowest BCUT2D eigenvalue weighted by Crippen LogP contribution is -2.51. The van der Waals surface area contributed by atoms with E-state index in [1.54, 1.807) is 42.2 Å². The highest BCUT2D eigenvalue weighted by atomic mass is 35.5. The van der Waals surface area contributed by atoms with Gasteiger partial charge in [-0.1, -0.05) is 11.6 Å². The maximum Gasteiger partial charge on any atom is 0.260 e. The van der Waals surface area contributed by atoms with Crippen molar-refractivity contribution in [3.05, 3.63) is 52.0 Å². The lowest BCUT2D eigenvalue weighted by atomic mass is 10.1. The number of hydrogen-bond donors (Lipinski definition) is 0. The van der Waals surface area contributed by atoms with Crippen LogP contribution in [-0.2, 0) is 4.79 Å². The lowest BCUT2D eigenvalue weighted by molar-refractivity contribution is -0.134. The van der Waals surface area contributed by atoms with Gasteiger partial charge in [-0.15, -0.1) is 0 Å². The molecule has 166 valence electrons. The first kappa shape index (κ1) is 22.7. The molecule has 1 aliphatic rings. The first-order valence-corrected chi connectivity index (χ1v) is 10.4. The van der Waals surface area contributed by atoms with Crippen LogP contribution in [0.5, 0.6) is 17.2 Å². The second kappa shape index (κ2) is 9.92. The van der Waals surface area contributed by atoms with Gasteiger partial charge in [-0.05, 0) is 49.2 Å². The predicted octanol–water partition coefficient (Wildman–Crippen LogP) is 3.34. The molecule has 0 aliphatic carbocycles. The number of rotatable bonds is 6. The number of carbonyl (C=O) groups is 2. The Hall–Kier alpha value is -2.93. The average molecular weight is 447 g/mol. The van der Waals surface area contributed by atoms with Crippen molar-refractivity contribution in [2.24, 2.45) is 0 Å². The van der Waals surface area contributed by atoms with Crippen molar-refractivity contribution < 1.29 is 23.8 Å². The Bertz CT molecular complexity index is 925. The molecule has 0 aromatic heterocycles. The van der Waals surface area contributed by atoms with Crippen LogP contribution in [0, 0.1) is 13.8 Å². The van der Waals surface area contributed by atoms with Crippen LogP contribution < -0.4 is 14.2 Å². The second-order valence-corrected chi connectivity index (χ2v) is 7.81. The third kappa shape index (κ3) is 5.41. The number of carbonyl (C=O) groups excluding carboxylic acids is 2. The zero-order chi connectivity index (χ0) is 22.5. The van der Waals surface area contributed by atoms with Gasteiger partial charge in [-0.25, -0.2) is 0 Å². The van der Waals surface area contributed by atoms with E-state index in [1.165, 1.54) is 0 Å². The second-order valence-electron chi connectivity index (χ2n) is 7.43. The first-order chi connectivity index (χ1) is 14.8. The van der Waals surface area contributed by atoms with Crippen LogP contribution >= 0.6 is 11.6 Å². The van der Waals surface area contributed by atoms with E-state index in [0.717, 1.165) is 11.1 Å². The van der Waals surface area contributed by atoms with Crippen LogP contribution in [-0.4, -0.2) is 68.6 Å².